The van der Waals surface area contributed by atoms with E-state index in [-0.39, 0.29) is 31.4 Å². The predicted molar refractivity (Wildman–Crippen MR) is 209 cm³/mol. The van der Waals surface area contributed by atoms with Crippen molar-refractivity contribution in [2.24, 2.45) is 0 Å². The number of carbonyl (C=O) groups is 2. The van der Waals surface area contributed by atoms with E-state index in [2.05, 4.69) is 65.9 Å². The standard InChI is InChI=1S/C45H49N3O6/c1-31(35-14-8-5-9-15-35)48(2)29-40-27-42(37-19-17-33(30-49)18-20-37)54-44(53-40)38-23-21-36(22-24-38)39-16-10-13-34(25-39)28-46-45(51)47-41(43(50)52-3)26-32-11-6-4-7-12-32/h4-25,31,40-42,44,49H,26-30H2,1-3H3,(H2,46,47,51)/t31-,40+,41-,42-,44-/m0/s1. The zero-order valence-electron chi connectivity index (χ0n) is 31.1. The lowest BCUT2D eigenvalue weighted by atomic mass is 9.98. The van der Waals surface area contributed by atoms with Gasteiger partial charge in [0.2, 0.25) is 0 Å². The lowest BCUT2D eigenvalue weighted by molar-refractivity contribution is -0.253. The van der Waals surface area contributed by atoms with E-state index < -0.39 is 24.3 Å². The Bertz CT molecular complexity index is 1940. The Morgan fingerprint density at radius 3 is 2.15 bits per heavy atom. The molecule has 2 amide bonds. The Kier molecular flexibility index (Phi) is 13.2. The first-order valence-corrected chi connectivity index (χ1v) is 18.4. The van der Waals surface area contributed by atoms with Crippen LogP contribution < -0.4 is 10.6 Å². The quantitative estimate of drug-likeness (QED) is 0.101. The monoisotopic (exact) mass is 727 g/mol. The molecular formula is C45H49N3O6. The lowest BCUT2D eigenvalue weighted by Gasteiger charge is -2.39. The van der Waals surface area contributed by atoms with Crippen LogP contribution in [-0.2, 0) is 38.6 Å². The molecule has 9 heteroatoms. The fourth-order valence-electron chi connectivity index (χ4n) is 6.77. The fourth-order valence-corrected chi connectivity index (χ4v) is 6.77. The summed E-state index contributed by atoms with van der Waals surface area (Å²) in [6.07, 6.45) is 0.209. The maximum absolute atomic E-state index is 12.8. The molecule has 5 aromatic carbocycles. The predicted octanol–water partition coefficient (Wildman–Crippen LogP) is 7.67. The third-order valence-corrected chi connectivity index (χ3v) is 10.0. The number of ether oxygens (including phenoxy) is 3. The third-order valence-electron chi connectivity index (χ3n) is 10.0. The van der Waals surface area contributed by atoms with Crippen molar-refractivity contribution in [1.82, 2.24) is 15.5 Å². The number of aliphatic hydroxyl groups excluding tert-OH is 1. The van der Waals surface area contributed by atoms with Crippen LogP contribution in [0.15, 0.2) is 133 Å². The fraction of sp³-hybridized carbons (Fsp3) is 0.289. The number of esters is 1. The molecule has 9 nitrogen and oxygen atoms in total. The van der Waals surface area contributed by atoms with Crippen molar-refractivity contribution in [3.8, 4) is 11.1 Å². The van der Waals surface area contributed by atoms with Crippen LogP contribution in [0.1, 0.15) is 65.2 Å². The first kappa shape index (κ1) is 38.4. The second-order valence-electron chi connectivity index (χ2n) is 13.8. The number of rotatable bonds is 14. The van der Waals surface area contributed by atoms with E-state index in [0.29, 0.717) is 12.8 Å². The van der Waals surface area contributed by atoms with Gasteiger partial charge in [0.25, 0.3) is 0 Å². The Morgan fingerprint density at radius 2 is 1.46 bits per heavy atom. The van der Waals surface area contributed by atoms with Crippen LogP contribution >= 0.6 is 0 Å². The Morgan fingerprint density at radius 1 is 0.796 bits per heavy atom. The van der Waals surface area contributed by atoms with Crippen LogP contribution in [0.3, 0.4) is 0 Å². The van der Waals surface area contributed by atoms with Crippen LogP contribution in [0.2, 0.25) is 0 Å². The smallest absolute Gasteiger partial charge is 0.328 e. The second-order valence-corrected chi connectivity index (χ2v) is 13.8. The van der Waals surface area contributed by atoms with E-state index in [4.69, 9.17) is 14.2 Å². The summed E-state index contributed by atoms with van der Waals surface area (Å²) in [6.45, 7) is 3.22. The number of amides is 2. The summed E-state index contributed by atoms with van der Waals surface area (Å²) in [5.41, 5.74) is 7.93. The first-order valence-electron chi connectivity index (χ1n) is 18.4. The molecule has 0 unspecified atom stereocenters. The summed E-state index contributed by atoms with van der Waals surface area (Å²) < 4.78 is 18.2. The molecule has 1 saturated heterocycles. The number of benzene rings is 5. The summed E-state index contributed by atoms with van der Waals surface area (Å²) in [7, 11) is 3.44. The highest BCUT2D eigenvalue weighted by Gasteiger charge is 2.33. The molecule has 1 aliphatic rings. The highest BCUT2D eigenvalue weighted by Crippen LogP contribution is 2.39. The molecule has 1 heterocycles. The molecule has 1 aliphatic heterocycles. The van der Waals surface area contributed by atoms with Crippen LogP contribution in [0.25, 0.3) is 11.1 Å². The third kappa shape index (κ3) is 10.2. The summed E-state index contributed by atoms with van der Waals surface area (Å²) >= 11 is 0. The zero-order chi connectivity index (χ0) is 37.9. The summed E-state index contributed by atoms with van der Waals surface area (Å²) in [5, 5.41) is 15.2. The van der Waals surface area contributed by atoms with Gasteiger partial charge in [-0.15, -0.1) is 0 Å². The van der Waals surface area contributed by atoms with Gasteiger partial charge in [-0.1, -0.05) is 127 Å². The second kappa shape index (κ2) is 18.6. The molecule has 0 bridgehead atoms. The van der Waals surface area contributed by atoms with Crippen molar-refractivity contribution in [3.63, 3.8) is 0 Å². The lowest BCUT2D eigenvalue weighted by Crippen LogP contribution is -2.47. The van der Waals surface area contributed by atoms with Crippen LogP contribution in [0, 0.1) is 0 Å². The number of nitrogens with zero attached hydrogens (tertiary/aromatic N) is 1. The minimum atomic E-state index is -0.810. The van der Waals surface area contributed by atoms with Crippen molar-refractivity contribution in [1.29, 1.82) is 0 Å². The molecular weight excluding hydrogens is 679 g/mol. The van der Waals surface area contributed by atoms with Crippen molar-refractivity contribution in [2.75, 3.05) is 20.7 Å². The Balaban J connectivity index is 1.11. The van der Waals surface area contributed by atoms with Gasteiger partial charge in [0.15, 0.2) is 6.29 Å². The Labute approximate surface area is 317 Å². The summed E-state index contributed by atoms with van der Waals surface area (Å²) in [6, 6.07) is 43.1. The first-order chi connectivity index (χ1) is 26.3. The number of hydrogen-bond donors (Lipinski definition) is 3. The van der Waals surface area contributed by atoms with E-state index in [0.717, 1.165) is 45.5 Å². The van der Waals surface area contributed by atoms with Crippen molar-refractivity contribution < 1.29 is 28.9 Å². The number of methoxy groups -OCH3 is 1. The number of carbonyl (C=O) groups excluding carboxylic acids is 2. The largest absolute Gasteiger partial charge is 0.467 e. The van der Waals surface area contributed by atoms with Gasteiger partial charge in [-0.25, -0.2) is 9.59 Å². The molecule has 0 spiro atoms. The van der Waals surface area contributed by atoms with Gasteiger partial charge in [0.05, 0.1) is 25.9 Å². The number of urea groups is 1. The van der Waals surface area contributed by atoms with Gasteiger partial charge < -0.3 is 30.0 Å². The molecule has 5 aromatic rings. The van der Waals surface area contributed by atoms with E-state index >= 15 is 0 Å². The van der Waals surface area contributed by atoms with Gasteiger partial charge in [-0.3, -0.25) is 4.90 Å². The van der Waals surface area contributed by atoms with Crippen LogP contribution in [0.5, 0.6) is 0 Å². The number of aliphatic hydroxyl groups is 1. The normalized spacial score (nSPS) is 18.1. The van der Waals surface area contributed by atoms with Crippen molar-refractivity contribution in [2.45, 2.75) is 63.5 Å². The molecule has 0 radical (unpaired) electrons. The van der Waals surface area contributed by atoms with E-state index in [1.54, 1.807) is 0 Å². The average Bonchev–Trinajstić information content (AvgIpc) is 3.23. The van der Waals surface area contributed by atoms with E-state index in [9.17, 15) is 14.7 Å². The molecule has 3 N–H and O–H groups in total. The van der Waals surface area contributed by atoms with Crippen LogP contribution in [-0.4, -0.2) is 54.9 Å². The Hall–Kier alpha value is -5.32. The molecule has 1 fully saturated rings. The highest BCUT2D eigenvalue weighted by molar-refractivity contribution is 5.83. The molecule has 0 aromatic heterocycles. The number of likely N-dealkylation sites (N-methyl/N-ethyl adjacent to an activating group) is 1. The van der Waals surface area contributed by atoms with Gasteiger partial charge in [-0.05, 0) is 59.0 Å². The van der Waals surface area contributed by atoms with Crippen molar-refractivity contribution in [3.05, 3.63) is 167 Å². The summed E-state index contributed by atoms with van der Waals surface area (Å²) in [4.78, 5) is 27.6. The van der Waals surface area contributed by atoms with Gasteiger partial charge >= 0.3 is 12.0 Å². The van der Waals surface area contributed by atoms with Crippen molar-refractivity contribution >= 4 is 12.0 Å². The van der Waals surface area contributed by atoms with E-state index in [1.165, 1.54) is 12.7 Å². The maximum Gasteiger partial charge on any atom is 0.328 e. The topological polar surface area (TPSA) is 109 Å². The molecule has 54 heavy (non-hydrogen) atoms. The maximum atomic E-state index is 12.8. The minimum absolute atomic E-state index is 0.00388. The SMILES string of the molecule is COC(=O)[C@H](Cc1ccccc1)NC(=O)NCc1cccc(-c2ccc([C@H]3O[C@@H](CN(C)[C@@H](C)c4ccccc4)C[C@@H](c4ccc(CO)cc4)O3)cc2)c1. The van der Waals surface area contributed by atoms with E-state index in [1.807, 2.05) is 97.1 Å². The average molecular weight is 728 g/mol. The number of hydrogen-bond acceptors (Lipinski definition) is 7. The summed E-state index contributed by atoms with van der Waals surface area (Å²) in [5.74, 6) is -0.504. The molecule has 5 atom stereocenters. The molecule has 6 rings (SSSR count). The number of nitrogens with one attached hydrogen (secondary N) is 2. The highest BCUT2D eigenvalue weighted by atomic mass is 16.7. The van der Waals surface area contributed by atoms with Gasteiger partial charge in [0, 0.05) is 37.5 Å². The van der Waals surface area contributed by atoms with Crippen LogP contribution in [0.4, 0.5) is 4.79 Å². The molecule has 0 saturated carbocycles. The zero-order valence-corrected chi connectivity index (χ0v) is 31.1. The molecule has 280 valence electrons. The molecule has 0 aliphatic carbocycles. The van der Waals surface area contributed by atoms with Gasteiger partial charge in [0.1, 0.15) is 6.04 Å². The minimum Gasteiger partial charge on any atom is -0.467 e. The van der Waals surface area contributed by atoms with Gasteiger partial charge in [-0.2, -0.15) is 0 Å².